The molecule has 164 valence electrons. The van der Waals surface area contributed by atoms with E-state index in [-0.39, 0.29) is 22.9 Å². The van der Waals surface area contributed by atoms with E-state index < -0.39 is 17.2 Å². The van der Waals surface area contributed by atoms with Crippen molar-refractivity contribution in [2.45, 2.75) is 13.5 Å². The van der Waals surface area contributed by atoms with E-state index in [0.29, 0.717) is 11.5 Å². The smallest absolute Gasteiger partial charge is 0.293 e. The van der Waals surface area contributed by atoms with E-state index >= 15 is 0 Å². The Kier molecular flexibility index (Phi) is 5.96. The third-order valence-corrected chi connectivity index (χ3v) is 4.95. The largest absolute Gasteiger partial charge is 0.494 e. The number of ether oxygens (including phenoxy) is 2. The highest BCUT2D eigenvalue weighted by atomic mass is 35.5. The predicted molar refractivity (Wildman–Crippen MR) is 116 cm³/mol. The number of aromatic nitrogens is 3. The van der Waals surface area contributed by atoms with Crippen LogP contribution in [0.15, 0.2) is 66.0 Å². The van der Waals surface area contributed by atoms with Crippen LogP contribution in [0.25, 0.3) is 5.69 Å². The Bertz CT molecular complexity index is 1350. The van der Waals surface area contributed by atoms with E-state index in [4.69, 9.17) is 21.1 Å². The molecule has 9 heteroatoms. The maximum atomic E-state index is 14.0. The summed E-state index contributed by atoms with van der Waals surface area (Å²) in [6.07, 6.45) is 4.88. The molecule has 0 saturated heterocycles. The molecule has 32 heavy (non-hydrogen) atoms. The van der Waals surface area contributed by atoms with Gasteiger partial charge in [0.1, 0.15) is 23.1 Å². The summed E-state index contributed by atoms with van der Waals surface area (Å²) in [5.41, 5.74) is 1.22. The van der Waals surface area contributed by atoms with Gasteiger partial charge in [-0.05, 0) is 25.1 Å². The van der Waals surface area contributed by atoms with Crippen LogP contribution in [-0.4, -0.2) is 21.2 Å². The molecule has 0 amide bonds. The molecule has 0 atom stereocenters. The van der Waals surface area contributed by atoms with Crippen LogP contribution in [0.1, 0.15) is 11.3 Å². The zero-order valence-electron chi connectivity index (χ0n) is 17.2. The molecular formula is C23H18ClF2N3O3. The average molecular weight is 458 g/mol. The Morgan fingerprint density at radius 3 is 2.56 bits per heavy atom. The highest BCUT2D eigenvalue weighted by Gasteiger charge is 2.14. The quantitative estimate of drug-likeness (QED) is 0.403. The fraction of sp³-hybridized carbons (Fsp3) is 0.130. The minimum atomic E-state index is -0.755. The summed E-state index contributed by atoms with van der Waals surface area (Å²) in [6, 6.07) is 9.62. The number of nitrogens with zero attached hydrogens (tertiary/aromatic N) is 3. The minimum Gasteiger partial charge on any atom is -0.494 e. The third-order valence-electron chi connectivity index (χ3n) is 4.74. The molecule has 4 rings (SSSR count). The van der Waals surface area contributed by atoms with Gasteiger partial charge in [0.2, 0.25) is 0 Å². The van der Waals surface area contributed by atoms with Crippen molar-refractivity contribution in [1.29, 1.82) is 0 Å². The highest BCUT2D eigenvalue weighted by molar-refractivity contribution is 6.30. The Morgan fingerprint density at radius 1 is 1.06 bits per heavy atom. The molecule has 0 aliphatic rings. The van der Waals surface area contributed by atoms with Gasteiger partial charge >= 0.3 is 0 Å². The van der Waals surface area contributed by atoms with Gasteiger partial charge in [0, 0.05) is 36.2 Å². The molecule has 0 N–H and O–H groups in total. The van der Waals surface area contributed by atoms with Crippen molar-refractivity contribution >= 4 is 11.6 Å². The first-order valence-corrected chi connectivity index (χ1v) is 9.92. The fourth-order valence-corrected chi connectivity index (χ4v) is 3.43. The molecule has 0 saturated carbocycles. The zero-order chi connectivity index (χ0) is 22.8. The van der Waals surface area contributed by atoms with Crippen LogP contribution < -0.4 is 15.0 Å². The van der Waals surface area contributed by atoms with Crippen LogP contribution in [-0.2, 0) is 6.54 Å². The van der Waals surface area contributed by atoms with Crippen LogP contribution in [0.3, 0.4) is 0 Å². The molecular weight excluding hydrogens is 440 g/mol. The van der Waals surface area contributed by atoms with E-state index in [1.54, 1.807) is 24.5 Å². The lowest BCUT2D eigenvalue weighted by Gasteiger charge is -2.13. The second-order valence-corrected chi connectivity index (χ2v) is 7.49. The van der Waals surface area contributed by atoms with E-state index in [0.717, 1.165) is 23.5 Å². The fourth-order valence-electron chi connectivity index (χ4n) is 3.21. The Labute approximate surface area is 187 Å². The lowest BCUT2D eigenvalue weighted by Crippen LogP contribution is -2.21. The Balaban J connectivity index is 1.65. The van der Waals surface area contributed by atoms with Gasteiger partial charge in [0.05, 0.1) is 36.4 Å². The molecule has 0 radical (unpaired) electrons. The summed E-state index contributed by atoms with van der Waals surface area (Å²) in [7, 11) is 1.52. The molecule has 0 fully saturated rings. The lowest BCUT2D eigenvalue weighted by atomic mass is 10.2. The van der Waals surface area contributed by atoms with Crippen LogP contribution in [0, 0.1) is 18.6 Å². The number of pyridine rings is 1. The van der Waals surface area contributed by atoms with Gasteiger partial charge in [-0.2, -0.15) is 0 Å². The number of imidazole rings is 1. The summed E-state index contributed by atoms with van der Waals surface area (Å²) >= 11 is 6.16. The number of hydrogen-bond acceptors (Lipinski definition) is 4. The molecule has 6 nitrogen and oxygen atoms in total. The van der Waals surface area contributed by atoms with Crippen molar-refractivity contribution in [1.82, 2.24) is 14.1 Å². The number of rotatable bonds is 6. The van der Waals surface area contributed by atoms with Crippen molar-refractivity contribution in [3.8, 4) is 22.9 Å². The summed E-state index contributed by atoms with van der Waals surface area (Å²) in [4.78, 5) is 17.1. The maximum absolute atomic E-state index is 14.0. The number of aryl methyl sites for hydroxylation is 1. The van der Waals surface area contributed by atoms with Crippen LogP contribution in [0.4, 0.5) is 8.78 Å². The number of hydrogen-bond donors (Lipinski definition) is 0. The van der Waals surface area contributed by atoms with Gasteiger partial charge in [0.25, 0.3) is 5.56 Å². The lowest BCUT2D eigenvalue weighted by molar-refractivity contribution is 0.406. The van der Waals surface area contributed by atoms with Crippen LogP contribution >= 0.6 is 11.6 Å². The predicted octanol–water partition coefficient (Wildman–Crippen LogP) is 5.12. The third kappa shape index (κ3) is 4.50. The molecule has 0 aliphatic heterocycles. The highest BCUT2D eigenvalue weighted by Crippen LogP contribution is 2.30. The van der Waals surface area contributed by atoms with Crippen molar-refractivity contribution in [3.63, 3.8) is 0 Å². The van der Waals surface area contributed by atoms with E-state index in [9.17, 15) is 13.6 Å². The van der Waals surface area contributed by atoms with Crippen LogP contribution in [0.5, 0.6) is 17.2 Å². The SMILES string of the molecule is COc1cc(Oc2cc(Cl)cn(Cc3ccc(F)cc3F)c2=O)ccc1-n1cnc(C)c1. The number of methoxy groups -OCH3 is 1. The number of halogens is 3. The Hall–Kier alpha value is -3.65. The number of benzene rings is 2. The molecule has 0 unspecified atom stereocenters. The van der Waals surface area contributed by atoms with Crippen molar-refractivity contribution in [2.75, 3.05) is 7.11 Å². The second kappa shape index (κ2) is 8.84. The van der Waals surface area contributed by atoms with Gasteiger partial charge in [0.15, 0.2) is 5.75 Å². The summed E-state index contributed by atoms with van der Waals surface area (Å²) in [5.74, 6) is -0.642. The summed E-state index contributed by atoms with van der Waals surface area (Å²) in [5, 5.41) is 0.222. The molecule has 0 aliphatic carbocycles. The van der Waals surface area contributed by atoms with E-state index in [1.165, 1.54) is 30.0 Å². The molecule has 2 aromatic carbocycles. The summed E-state index contributed by atoms with van der Waals surface area (Å²) < 4.78 is 41.5. The maximum Gasteiger partial charge on any atom is 0.293 e. The van der Waals surface area contributed by atoms with E-state index in [1.807, 2.05) is 17.7 Å². The monoisotopic (exact) mass is 457 g/mol. The first-order chi connectivity index (χ1) is 15.3. The molecule has 2 aromatic heterocycles. The van der Waals surface area contributed by atoms with Gasteiger partial charge in [-0.1, -0.05) is 17.7 Å². The summed E-state index contributed by atoms with van der Waals surface area (Å²) in [6.45, 7) is 1.74. The zero-order valence-corrected chi connectivity index (χ0v) is 17.9. The van der Waals surface area contributed by atoms with E-state index in [2.05, 4.69) is 4.98 Å². The Morgan fingerprint density at radius 2 is 1.88 bits per heavy atom. The molecule has 0 bridgehead atoms. The van der Waals surface area contributed by atoms with Gasteiger partial charge in [-0.25, -0.2) is 13.8 Å². The normalized spacial score (nSPS) is 10.9. The first kappa shape index (κ1) is 21.6. The van der Waals surface area contributed by atoms with Crippen molar-refractivity contribution in [3.05, 3.63) is 99.5 Å². The van der Waals surface area contributed by atoms with Gasteiger partial charge in [-0.3, -0.25) is 4.79 Å². The average Bonchev–Trinajstić information content (AvgIpc) is 3.19. The first-order valence-electron chi connectivity index (χ1n) is 9.55. The standard InChI is InChI=1S/C23H18ClF2N3O3/c1-14-10-29(13-27-14)20-6-5-18(9-21(20)31-2)32-22-7-16(24)12-28(23(22)30)11-15-3-4-17(25)8-19(15)26/h3-10,12-13H,11H2,1-2H3. The minimum absolute atomic E-state index is 0.0479. The van der Waals surface area contributed by atoms with Gasteiger partial charge in [-0.15, -0.1) is 0 Å². The topological polar surface area (TPSA) is 58.3 Å². The second-order valence-electron chi connectivity index (χ2n) is 7.05. The molecule has 2 heterocycles. The van der Waals surface area contributed by atoms with Crippen molar-refractivity contribution < 1.29 is 18.3 Å². The van der Waals surface area contributed by atoms with Crippen molar-refractivity contribution in [2.24, 2.45) is 0 Å². The molecule has 4 aromatic rings. The van der Waals surface area contributed by atoms with Gasteiger partial charge < -0.3 is 18.6 Å². The molecule has 0 spiro atoms. The van der Waals surface area contributed by atoms with Crippen LogP contribution in [0.2, 0.25) is 5.02 Å².